The maximum atomic E-state index is 12.3. The zero-order valence-electron chi connectivity index (χ0n) is 10.2. The van der Waals surface area contributed by atoms with Gasteiger partial charge in [-0.15, -0.1) is 0 Å². The van der Waals surface area contributed by atoms with E-state index in [0.717, 1.165) is 11.5 Å². The van der Waals surface area contributed by atoms with E-state index in [2.05, 4.69) is 4.37 Å². The van der Waals surface area contributed by atoms with E-state index >= 15 is 0 Å². The number of aromatic nitrogens is 1. The normalized spacial score (nSPS) is 15.9. The third kappa shape index (κ3) is 2.45. The van der Waals surface area contributed by atoms with Crippen molar-refractivity contribution in [2.24, 2.45) is 0 Å². The van der Waals surface area contributed by atoms with Crippen LogP contribution in [-0.2, 0) is 9.84 Å². The molecule has 1 aliphatic rings. The molecule has 1 fully saturated rings. The zero-order chi connectivity index (χ0) is 13.3. The second-order valence-electron chi connectivity index (χ2n) is 4.45. The Balaban J connectivity index is 2.32. The number of hydrogen-bond donors (Lipinski definition) is 2. The van der Waals surface area contributed by atoms with Crippen LogP contribution in [0.4, 0.5) is 10.8 Å². The lowest BCUT2D eigenvalue weighted by atomic mass is 10.4. The van der Waals surface area contributed by atoms with Crippen LogP contribution in [0.3, 0.4) is 0 Å². The second-order valence-corrected chi connectivity index (χ2v) is 7.36. The minimum Gasteiger partial charge on any atom is -0.396 e. The highest BCUT2D eigenvalue weighted by atomic mass is 32.2. The lowest BCUT2D eigenvalue weighted by Gasteiger charge is -2.17. The molecule has 0 saturated heterocycles. The van der Waals surface area contributed by atoms with Gasteiger partial charge in [0.15, 0.2) is 15.7 Å². The predicted molar refractivity (Wildman–Crippen MR) is 71.7 cm³/mol. The van der Waals surface area contributed by atoms with Gasteiger partial charge in [-0.1, -0.05) is 0 Å². The monoisotopic (exact) mass is 291 g/mol. The molecule has 0 amide bonds. The maximum Gasteiger partial charge on any atom is 0.187 e. The zero-order valence-corrected chi connectivity index (χ0v) is 11.8. The van der Waals surface area contributed by atoms with Crippen molar-refractivity contribution in [2.75, 3.05) is 30.8 Å². The van der Waals surface area contributed by atoms with E-state index in [1.165, 1.54) is 0 Å². The third-order valence-corrected chi connectivity index (χ3v) is 6.33. The molecule has 0 aliphatic heterocycles. The van der Waals surface area contributed by atoms with Crippen molar-refractivity contribution >= 4 is 32.2 Å². The largest absolute Gasteiger partial charge is 0.396 e. The summed E-state index contributed by atoms with van der Waals surface area (Å²) in [5, 5.41) is 9.10. The molecule has 1 aromatic heterocycles. The summed E-state index contributed by atoms with van der Waals surface area (Å²) < 4.78 is 28.5. The fourth-order valence-corrected chi connectivity index (χ4v) is 4.79. The van der Waals surface area contributed by atoms with Gasteiger partial charge in [0.2, 0.25) is 0 Å². The summed E-state index contributed by atoms with van der Waals surface area (Å²) >= 11 is 1.10. The molecule has 1 saturated carbocycles. The molecule has 0 atom stereocenters. The van der Waals surface area contributed by atoms with Gasteiger partial charge in [0, 0.05) is 20.2 Å². The molecular formula is C10H17N3O3S2. The average Bonchev–Trinajstić information content (AvgIpc) is 3.10. The minimum absolute atomic E-state index is 0.0728. The van der Waals surface area contributed by atoms with Gasteiger partial charge in [-0.05, 0) is 30.8 Å². The second kappa shape index (κ2) is 5.02. The van der Waals surface area contributed by atoms with Gasteiger partial charge in [0.1, 0.15) is 9.90 Å². The van der Waals surface area contributed by atoms with E-state index in [9.17, 15) is 8.42 Å². The quantitative estimate of drug-likeness (QED) is 0.791. The molecule has 1 aliphatic carbocycles. The highest BCUT2D eigenvalue weighted by molar-refractivity contribution is 7.92. The number of nitrogens with two attached hydrogens (primary N) is 1. The predicted octanol–water partition coefficient (Wildman–Crippen LogP) is 0.480. The number of aliphatic hydroxyl groups is 1. The van der Waals surface area contributed by atoms with Gasteiger partial charge in [-0.25, -0.2) is 8.42 Å². The van der Waals surface area contributed by atoms with Crippen LogP contribution >= 0.6 is 11.5 Å². The smallest absolute Gasteiger partial charge is 0.187 e. The highest BCUT2D eigenvalue weighted by Crippen LogP contribution is 2.42. The molecule has 2 rings (SSSR count). The Morgan fingerprint density at radius 1 is 1.56 bits per heavy atom. The Kier molecular flexibility index (Phi) is 3.79. The van der Waals surface area contributed by atoms with E-state index in [0.29, 0.717) is 30.8 Å². The van der Waals surface area contributed by atoms with E-state index in [1.807, 2.05) is 0 Å². The van der Waals surface area contributed by atoms with Crippen LogP contribution in [0.2, 0.25) is 0 Å². The Morgan fingerprint density at radius 2 is 2.22 bits per heavy atom. The van der Waals surface area contributed by atoms with E-state index in [4.69, 9.17) is 10.8 Å². The number of nitrogen functional groups attached to an aromatic ring is 1. The fourth-order valence-electron chi connectivity index (χ4n) is 1.75. The molecule has 0 aromatic carbocycles. The van der Waals surface area contributed by atoms with Crippen molar-refractivity contribution < 1.29 is 13.5 Å². The summed E-state index contributed by atoms with van der Waals surface area (Å²) in [7, 11) is -1.55. The Morgan fingerprint density at radius 3 is 2.78 bits per heavy atom. The van der Waals surface area contributed by atoms with Crippen molar-refractivity contribution in [2.45, 2.75) is 29.4 Å². The first-order valence-electron chi connectivity index (χ1n) is 5.79. The van der Waals surface area contributed by atoms with Crippen LogP contribution in [0.5, 0.6) is 0 Å². The van der Waals surface area contributed by atoms with E-state index in [-0.39, 0.29) is 22.6 Å². The topological polar surface area (TPSA) is 96.5 Å². The molecule has 1 aromatic rings. The number of sulfone groups is 1. The van der Waals surface area contributed by atoms with Gasteiger partial charge >= 0.3 is 0 Å². The third-order valence-electron chi connectivity index (χ3n) is 2.90. The van der Waals surface area contributed by atoms with Gasteiger partial charge in [-0.2, -0.15) is 4.37 Å². The summed E-state index contributed by atoms with van der Waals surface area (Å²) in [6.07, 6.45) is 1.99. The highest BCUT2D eigenvalue weighted by Gasteiger charge is 2.41. The van der Waals surface area contributed by atoms with Crippen LogP contribution in [0.1, 0.15) is 19.3 Å². The van der Waals surface area contributed by atoms with Gasteiger partial charge < -0.3 is 15.7 Å². The van der Waals surface area contributed by atoms with Crippen LogP contribution in [0, 0.1) is 0 Å². The average molecular weight is 291 g/mol. The molecule has 0 unspecified atom stereocenters. The lowest BCUT2D eigenvalue weighted by molar-refractivity contribution is 0.290. The minimum atomic E-state index is -3.34. The van der Waals surface area contributed by atoms with Crippen molar-refractivity contribution in [1.82, 2.24) is 4.37 Å². The first-order valence-corrected chi connectivity index (χ1v) is 8.11. The molecular weight excluding hydrogens is 274 g/mol. The van der Waals surface area contributed by atoms with Gasteiger partial charge in [-0.3, -0.25) is 0 Å². The molecule has 102 valence electrons. The molecule has 0 bridgehead atoms. The van der Waals surface area contributed by atoms with Gasteiger partial charge in [0.05, 0.1) is 5.25 Å². The summed E-state index contributed by atoms with van der Waals surface area (Å²) in [5.74, 6) is 0.0951. The van der Waals surface area contributed by atoms with Crippen molar-refractivity contribution in [3.8, 4) is 0 Å². The lowest BCUT2D eigenvalue weighted by Crippen LogP contribution is -2.21. The van der Waals surface area contributed by atoms with Crippen molar-refractivity contribution in [1.29, 1.82) is 0 Å². The number of aliphatic hydroxyl groups excluding tert-OH is 1. The number of hydrogen-bond acceptors (Lipinski definition) is 7. The van der Waals surface area contributed by atoms with Crippen LogP contribution in [-0.4, -0.2) is 43.3 Å². The summed E-state index contributed by atoms with van der Waals surface area (Å²) in [5.41, 5.74) is 5.70. The molecule has 8 heteroatoms. The Labute approximate surface area is 111 Å². The molecule has 6 nitrogen and oxygen atoms in total. The first kappa shape index (κ1) is 13.6. The van der Waals surface area contributed by atoms with Crippen LogP contribution < -0.4 is 10.6 Å². The Bertz CT molecular complexity index is 522. The van der Waals surface area contributed by atoms with E-state index < -0.39 is 9.84 Å². The summed E-state index contributed by atoms with van der Waals surface area (Å²) in [6.45, 7) is 0.647. The number of anilines is 2. The SMILES string of the molecule is CN(CCCO)c1snc(N)c1S(=O)(=O)C1CC1. The van der Waals surface area contributed by atoms with Crippen molar-refractivity contribution in [3.05, 3.63) is 0 Å². The molecule has 3 N–H and O–H groups in total. The van der Waals surface area contributed by atoms with Crippen LogP contribution in [0.25, 0.3) is 0 Å². The number of rotatable bonds is 6. The molecule has 1 heterocycles. The van der Waals surface area contributed by atoms with Crippen LogP contribution in [0.15, 0.2) is 4.90 Å². The van der Waals surface area contributed by atoms with Gasteiger partial charge in [0.25, 0.3) is 0 Å². The summed E-state index contributed by atoms with van der Waals surface area (Å²) in [4.78, 5) is 1.97. The first-order chi connectivity index (χ1) is 8.48. The molecule has 18 heavy (non-hydrogen) atoms. The molecule has 0 radical (unpaired) electrons. The Hall–Kier alpha value is -0.860. The fraction of sp³-hybridized carbons (Fsp3) is 0.700. The maximum absolute atomic E-state index is 12.3. The standard InChI is InChI=1S/C10H17N3O3S2/c1-13(5-2-6-14)10-8(9(11)12-17-10)18(15,16)7-3-4-7/h7,14H,2-6H2,1H3,(H2,11,12). The van der Waals surface area contributed by atoms with Crippen molar-refractivity contribution in [3.63, 3.8) is 0 Å². The number of nitrogens with zero attached hydrogens (tertiary/aromatic N) is 2. The summed E-state index contributed by atoms with van der Waals surface area (Å²) in [6, 6.07) is 0. The molecule has 0 spiro atoms. The van der Waals surface area contributed by atoms with E-state index in [1.54, 1.807) is 11.9 Å².